The summed E-state index contributed by atoms with van der Waals surface area (Å²) in [4.78, 5) is 15.7. The molecule has 2 aromatic rings. The van der Waals surface area contributed by atoms with E-state index in [4.69, 9.17) is 0 Å². The van der Waals surface area contributed by atoms with Crippen LogP contribution in [0.15, 0.2) is 21.2 Å². The Labute approximate surface area is 103 Å². The molecule has 18 heavy (non-hydrogen) atoms. The molecule has 0 amide bonds. The normalized spacial score (nSPS) is 12.0. The minimum Gasteiger partial charge on any atom is -0.299 e. The fourth-order valence-corrected chi connectivity index (χ4v) is 2.12. The number of rotatable bonds is 3. The molecular formula is C8H8F3N5OS. The molecule has 0 aliphatic carbocycles. The highest BCUT2D eigenvalue weighted by Gasteiger charge is 2.30. The van der Waals surface area contributed by atoms with Crippen LogP contribution in [0.1, 0.15) is 5.69 Å². The van der Waals surface area contributed by atoms with E-state index in [2.05, 4.69) is 20.3 Å². The second-order valence-corrected chi connectivity index (χ2v) is 4.43. The lowest BCUT2D eigenvalue weighted by atomic mass is 10.5. The molecule has 0 unspecified atom stereocenters. The van der Waals surface area contributed by atoms with Gasteiger partial charge in [0.1, 0.15) is 17.8 Å². The van der Waals surface area contributed by atoms with Gasteiger partial charge in [0.25, 0.3) is 5.56 Å². The molecule has 0 aliphatic heterocycles. The van der Waals surface area contributed by atoms with E-state index in [0.29, 0.717) is 10.4 Å². The molecule has 2 rings (SSSR count). The maximum Gasteiger partial charge on any atom is 0.408 e. The van der Waals surface area contributed by atoms with Crippen molar-refractivity contribution in [1.82, 2.24) is 25.0 Å². The van der Waals surface area contributed by atoms with Crippen molar-refractivity contribution in [3.05, 3.63) is 22.4 Å². The molecule has 2 N–H and O–H groups in total. The third kappa shape index (κ3) is 2.75. The van der Waals surface area contributed by atoms with E-state index in [1.165, 1.54) is 13.3 Å². The first-order valence-corrected chi connectivity index (χ1v) is 5.58. The summed E-state index contributed by atoms with van der Waals surface area (Å²) in [6.07, 6.45) is -3.13. The zero-order valence-corrected chi connectivity index (χ0v) is 9.89. The molecule has 0 atom stereocenters. The van der Waals surface area contributed by atoms with Crippen LogP contribution in [0.25, 0.3) is 0 Å². The predicted octanol–water partition coefficient (Wildman–Crippen LogP) is 1.32. The van der Waals surface area contributed by atoms with Crippen LogP contribution in [-0.4, -0.2) is 31.1 Å². The van der Waals surface area contributed by atoms with Gasteiger partial charge in [0.15, 0.2) is 0 Å². The summed E-state index contributed by atoms with van der Waals surface area (Å²) in [5.74, 6) is 0. The van der Waals surface area contributed by atoms with Crippen molar-refractivity contribution in [2.45, 2.75) is 29.7 Å². The number of aromatic nitrogens is 5. The zero-order valence-electron chi connectivity index (χ0n) is 9.08. The molecule has 0 saturated carbocycles. The van der Waals surface area contributed by atoms with Gasteiger partial charge in [-0.2, -0.15) is 13.2 Å². The highest BCUT2D eigenvalue weighted by molar-refractivity contribution is 7.99. The average Bonchev–Trinajstić information content (AvgIpc) is 2.81. The number of hydrogen-bond donors (Lipinski definition) is 2. The average molecular weight is 279 g/mol. The van der Waals surface area contributed by atoms with Gasteiger partial charge in [0, 0.05) is 5.69 Å². The number of halogens is 3. The van der Waals surface area contributed by atoms with Crippen LogP contribution in [0.5, 0.6) is 0 Å². The first-order valence-electron chi connectivity index (χ1n) is 4.76. The first kappa shape index (κ1) is 12.7. The van der Waals surface area contributed by atoms with Gasteiger partial charge >= 0.3 is 6.18 Å². The molecule has 2 heterocycles. The summed E-state index contributed by atoms with van der Waals surface area (Å²) in [6, 6.07) is 0. The summed E-state index contributed by atoms with van der Waals surface area (Å²) >= 11 is 0.909. The molecule has 0 saturated heterocycles. The van der Waals surface area contributed by atoms with E-state index >= 15 is 0 Å². The van der Waals surface area contributed by atoms with E-state index < -0.39 is 18.3 Å². The fraction of sp³-hybridized carbons (Fsp3) is 0.375. The molecule has 6 nitrogen and oxygen atoms in total. The third-order valence-corrected chi connectivity index (χ3v) is 3.07. The van der Waals surface area contributed by atoms with Crippen LogP contribution < -0.4 is 5.56 Å². The van der Waals surface area contributed by atoms with E-state index in [9.17, 15) is 18.0 Å². The summed E-state index contributed by atoms with van der Waals surface area (Å²) in [5, 5.41) is 8.82. The molecule has 98 valence electrons. The topological polar surface area (TPSA) is 79.4 Å². The highest BCUT2D eigenvalue weighted by Crippen LogP contribution is 2.24. The Kier molecular flexibility index (Phi) is 3.20. The van der Waals surface area contributed by atoms with Crippen LogP contribution in [0, 0.1) is 6.92 Å². The van der Waals surface area contributed by atoms with Gasteiger partial charge < -0.3 is 0 Å². The largest absolute Gasteiger partial charge is 0.408 e. The van der Waals surface area contributed by atoms with Crippen LogP contribution in [0.3, 0.4) is 0 Å². The van der Waals surface area contributed by atoms with Crippen LogP contribution >= 0.6 is 11.8 Å². The van der Waals surface area contributed by atoms with E-state index in [1.807, 2.05) is 0 Å². The van der Waals surface area contributed by atoms with Crippen LogP contribution in [0.2, 0.25) is 0 Å². The Morgan fingerprint density at radius 2 is 2.22 bits per heavy atom. The number of nitrogens with one attached hydrogen (secondary N) is 2. The lowest BCUT2D eigenvalue weighted by Gasteiger charge is -2.05. The van der Waals surface area contributed by atoms with Crippen molar-refractivity contribution in [2.75, 3.05) is 0 Å². The lowest BCUT2D eigenvalue weighted by Crippen LogP contribution is -2.26. The Hall–Kier alpha value is -1.71. The summed E-state index contributed by atoms with van der Waals surface area (Å²) in [5.41, 5.74) is -0.390. The Morgan fingerprint density at radius 3 is 2.78 bits per heavy atom. The molecule has 0 spiro atoms. The summed E-state index contributed by atoms with van der Waals surface area (Å²) < 4.78 is 37.2. The lowest BCUT2D eigenvalue weighted by molar-refractivity contribution is -0.143. The smallest absolute Gasteiger partial charge is 0.299 e. The highest BCUT2D eigenvalue weighted by atomic mass is 32.2. The summed E-state index contributed by atoms with van der Waals surface area (Å²) in [6.45, 7) is 0.171. The van der Waals surface area contributed by atoms with Gasteiger partial charge in [0.05, 0.1) is 0 Å². The Bertz CT molecular complexity index is 585. The van der Waals surface area contributed by atoms with Crippen molar-refractivity contribution < 1.29 is 13.2 Å². The monoisotopic (exact) mass is 279 g/mol. The van der Waals surface area contributed by atoms with Crippen molar-refractivity contribution >= 4 is 11.8 Å². The maximum atomic E-state index is 12.2. The molecule has 0 aromatic carbocycles. The second kappa shape index (κ2) is 4.52. The van der Waals surface area contributed by atoms with Crippen LogP contribution in [-0.2, 0) is 6.54 Å². The van der Waals surface area contributed by atoms with Gasteiger partial charge in [-0.25, -0.2) is 9.67 Å². The number of hydrogen-bond acceptors (Lipinski definition) is 4. The number of nitrogens with zero attached hydrogens (tertiary/aromatic N) is 3. The zero-order chi connectivity index (χ0) is 13.3. The molecule has 0 bridgehead atoms. The van der Waals surface area contributed by atoms with Crippen molar-refractivity contribution in [3.8, 4) is 0 Å². The summed E-state index contributed by atoms with van der Waals surface area (Å²) in [7, 11) is 0. The molecule has 2 aromatic heterocycles. The molecular weight excluding hydrogens is 271 g/mol. The number of aromatic amines is 2. The predicted molar refractivity (Wildman–Crippen MR) is 56.4 cm³/mol. The standard InChI is InChI=1S/C8H8F3N5OS/c1-4-5(18-7-12-3-13-14-7)6(17)16(15-4)2-8(9,10)11/h3,15H,2H2,1H3,(H,12,13,14). The maximum absolute atomic E-state index is 12.2. The van der Waals surface area contributed by atoms with Gasteiger partial charge in [0.2, 0.25) is 5.16 Å². The van der Waals surface area contributed by atoms with Gasteiger partial charge in [-0.1, -0.05) is 0 Å². The number of alkyl halides is 3. The quantitative estimate of drug-likeness (QED) is 0.888. The van der Waals surface area contributed by atoms with E-state index in [1.54, 1.807) is 0 Å². The van der Waals surface area contributed by atoms with Gasteiger partial charge in [-0.3, -0.25) is 15.0 Å². The fourth-order valence-electron chi connectivity index (χ4n) is 1.34. The second-order valence-electron chi connectivity index (χ2n) is 3.46. The van der Waals surface area contributed by atoms with Gasteiger partial charge in [-0.15, -0.1) is 5.10 Å². The number of H-pyrrole nitrogens is 2. The minimum atomic E-state index is -4.45. The molecule has 0 fully saturated rings. The third-order valence-electron chi connectivity index (χ3n) is 2.01. The van der Waals surface area contributed by atoms with Crippen molar-refractivity contribution in [1.29, 1.82) is 0 Å². The van der Waals surface area contributed by atoms with Gasteiger partial charge in [-0.05, 0) is 18.7 Å². The Balaban J connectivity index is 2.30. The number of aryl methyl sites for hydroxylation is 1. The van der Waals surface area contributed by atoms with Crippen LogP contribution in [0.4, 0.5) is 13.2 Å². The minimum absolute atomic E-state index is 0.152. The first-order chi connectivity index (χ1) is 8.37. The Morgan fingerprint density at radius 1 is 1.50 bits per heavy atom. The van der Waals surface area contributed by atoms with Crippen molar-refractivity contribution in [3.63, 3.8) is 0 Å². The molecule has 0 radical (unpaired) electrons. The van der Waals surface area contributed by atoms with E-state index in [0.717, 1.165) is 11.8 Å². The molecule has 10 heteroatoms. The molecule has 0 aliphatic rings. The van der Waals surface area contributed by atoms with E-state index in [-0.39, 0.29) is 10.1 Å². The van der Waals surface area contributed by atoms with Crippen molar-refractivity contribution in [2.24, 2.45) is 0 Å². The SMILES string of the molecule is Cc1[nH]n(CC(F)(F)F)c(=O)c1Sc1nc[nH]n1.